The largest absolute Gasteiger partial charge is 0.478 e. The lowest BCUT2D eigenvalue weighted by molar-refractivity contribution is 0.0677. The minimum absolute atomic E-state index is 0.0219. The molecule has 1 N–H and O–H groups in total. The second-order valence-electron chi connectivity index (χ2n) is 4.75. The number of nitrogens with zero attached hydrogens (tertiary/aromatic N) is 5. The van der Waals surface area contributed by atoms with Crippen molar-refractivity contribution in [2.45, 2.75) is 20.0 Å². The first-order valence-electron chi connectivity index (χ1n) is 6.57. The molecule has 9 heteroatoms. The molecular weight excluding hydrogens is 310 g/mol. The van der Waals surface area contributed by atoms with Crippen LogP contribution in [0.15, 0.2) is 12.4 Å². The van der Waals surface area contributed by atoms with Gasteiger partial charge in [0.25, 0.3) is 5.91 Å². The molecule has 0 bridgehead atoms. The second-order valence-corrected chi connectivity index (χ2v) is 5.16. The van der Waals surface area contributed by atoms with E-state index in [4.69, 9.17) is 16.7 Å². The Balaban J connectivity index is 2.28. The van der Waals surface area contributed by atoms with Gasteiger partial charge in [-0.15, -0.1) is 0 Å². The molecule has 0 aromatic carbocycles. The third-order valence-electron chi connectivity index (χ3n) is 3.30. The molecule has 2 aromatic rings. The molecule has 0 saturated carbocycles. The van der Waals surface area contributed by atoms with Gasteiger partial charge in [0, 0.05) is 20.6 Å². The summed E-state index contributed by atoms with van der Waals surface area (Å²) in [7, 11) is 3.10. The summed E-state index contributed by atoms with van der Waals surface area (Å²) in [6.45, 7) is 2.75. The quantitative estimate of drug-likeness (QED) is 0.893. The summed E-state index contributed by atoms with van der Waals surface area (Å²) in [5, 5.41) is 17.5. The molecule has 2 rings (SSSR count). The fourth-order valence-electron chi connectivity index (χ4n) is 2.14. The lowest BCUT2D eigenvalue weighted by atomic mass is 10.2. The van der Waals surface area contributed by atoms with E-state index in [-0.39, 0.29) is 17.8 Å². The molecule has 0 spiro atoms. The van der Waals surface area contributed by atoms with Crippen molar-refractivity contribution in [3.8, 4) is 0 Å². The Hall–Kier alpha value is -2.35. The number of aromatic carboxylic acids is 1. The van der Waals surface area contributed by atoms with E-state index in [0.717, 1.165) is 6.20 Å². The SMILES string of the molecule is CCn1ncc(Cl)c1CN(C)C(=O)c1c(C(=O)O)cnn1C. The van der Waals surface area contributed by atoms with Crippen molar-refractivity contribution in [3.63, 3.8) is 0 Å². The molecule has 2 aromatic heterocycles. The zero-order chi connectivity index (χ0) is 16.4. The number of carboxylic acids is 1. The van der Waals surface area contributed by atoms with E-state index in [1.54, 1.807) is 11.7 Å². The highest BCUT2D eigenvalue weighted by molar-refractivity contribution is 6.31. The molecule has 1 amide bonds. The van der Waals surface area contributed by atoms with Crippen LogP contribution in [0.25, 0.3) is 0 Å². The highest BCUT2D eigenvalue weighted by Gasteiger charge is 2.25. The second kappa shape index (κ2) is 6.18. The van der Waals surface area contributed by atoms with Crippen molar-refractivity contribution in [2.24, 2.45) is 7.05 Å². The molecule has 0 aliphatic carbocycles. The van der Waals surface area contributed by atoms with Crippen LogP contribution in [0.3, 0.4) is 0 Å². The molecule has 0 saturated heterocycles. The normalized spacial score (nSPS) is 10.7. The number of halogens is 1. The van der Waals surface area contributed by atoms with Crippen molar-refractivity contribution in [1.29, 1.82) is 0 Å². The number of hydrogen-bond acceptors (Lipinski definition) is 4. The summed E-state index contributed by atoms with van der Waals surface area (Å²) in [6, 6.07) is 0. The number of rotatable bonds is 5. The highest BCUT2D eigenvalue weighted by Crippen LogP contribution is 2.18. The fraction of sp³-hybridized carbons (Fsp3) is 0.385. The van der Waals surface area contributed by atoms with Gasteiger partial charge in [-0.25, -0.2) is 4.79 Å². The predicted octanol–water partition coefficient (Wildman–Crippen LogP) is 1.26. The lowest BCUT2D eigenvalue weighted by Crippen LogP contribution is -2.30. The third kappa shape index (κ3) is 2.82. The predicted molar refractivity (Wildman–Crippen MR) is 78.9 cm³/mol. The van der Waals surface area contributed by atoms with Crippen molar-refractivity contribution >= 4 is 23.5 Å². The summed E-state index contributed by atoms with van der Waals surface area (Å²) < 4.78 is 2.94. The van der Waals surface area contributed by atoms with Crippen LogP contribution < -0.4 is 0 Å². The van der Waals surface area contributed by atoms with Crippen LogP contribution in [0.4, 0.5) is 0 Å². The standard InChI is InChI=1S/C13H16ClN5O3/c1-4-19-10(9(14)6-16-19)7-17(2)12(20)11-8(13(21)22)5-15-18(11)3/h5-6H,4,7H2,1-3H3,(H,21,22). The molecule has 8 nitrogen and oxygen atoms in total. The van der Waals surface area contributed by atoms with Crippen LogP contribution in [0.2, 0.25) is 5.02 Å². The van der Waals surface area contributed by atoms with Crippen LogP contribution in [0.5, 0.6) is 0 Å². The van der Waals surface area contributed by atoms with E-state index in [1.807, 2.05) is 6.92 Å². The lowest BCUT2D eigenvalue weighted by Gasteiger charge is -2.18. The Bertz CT molecular complexity index is 721. The third-order valence-corrected chi connectivity index (χ3v) is 3.62. The van der Waals surface area contributed by atoms with Gasteiger partial charge < -0.3 is 10.0 Å². The minimum Gasteiger partial charge on any atom is -0.478 e. The average Bonchev–Trinajstić information content (AvgIpc) is 3.02. The molecule has 2 heterocycles. The van der Waals surface area contributed by atoms with Crippen molar-refractivity contribution in [1.82, 2.24) is 24.5 Å². The summed E-state index contributed by atoms with van der Waals surface area (Å²) >= 11 is 6.08. The van der Waals surface area contributed by atoms with E-state index in [2.05, 4.69) is 10.2 Å². The zero-order valence-corrected chi connectivity index (χ0v) is 13.2. The van der Waals surface area contributed by atoms with Gasteiger partial charge in [-0.3, -0.25) is 14.2 Å². The summed E-state index contributed by atoms with van der Waals surface area (Å²) in [5.41, 5.74) is 0.585. The molecule has 0 aliphatic rings. The van der Waals surface area contributed by atoms with Gasteiger partial charge in [-0.05, 0) is 6.92 Å². The van der Waals surface area contributed by atoms with Crippen LogP contribution in [-0.2, 0) is 20.1 Å². The molecule has 0 aliphatic heterocycles. The first-order chi connectivity index (χ1) is 10.4. The summed E-state index contributed by atoms with van der Waals surface area (Å²) in [4.78, 5) is 25.1. The Kier molecular flexibility index (Phi) is 4.51. The van der Waals surface area contributed by atoms with E-state index < -0.39 is 11.9 Å². The maximum absolute atomic E-state index is 12.5. The number of carboxylic acid groups (broad SMARTS) is 1. The Labute approximate surface area is 131 Å². The van der Waals surface area contributed by atoms with Crippen molar-refractivity contribution < 1.29 is 14.7 Å². The van der Waals surface area contributed by atoms with Crippen molar-refractivity contribution in [3.05, 3.63) is 34.4 Å². The van der Waals surface area contributed by atoms with E-state index in [0.29, 0.717) is 17.3 Å². The Morgan fingerprint density at radius 3 is 2.64 bits per heavy atom. The number of aryl methyl sites for hydroxylation is 2. The first kappa shape index (κ1) is 16.0. The van der Waals surface area contributed by atoms with Gasteiger partial charge >= 0.3 is 5.97 Å². The molecule has 118 valence electrons. The number of aromatic nitrogens is 4. The van der Waals surface area contributed by atoms with Crippen LogP contribution in [-0.4, -0.2) is 48.5 Å². The monoisotopic (exact) mass is 325 g/mol. The first-order valence-corrected chi connectivity index (χ1v) is 6.95. The highest BCUT2D eigenvalue weighted by atomic mass is 35.5. The fourth-order valence-corrected chi connectivity index (χ4v) is 2.34. The zero-order valence-electron chi connectivity index (χ0n) is 12.4. The molecule has 0 fully saturated rings. The van der Waals surface area contributed by atoms with Gasteiger partial charge in [0.05, 0.1) is 29.7 Å². The van der Waals surface area contributed by atoms with Crippen LogP contribution in [0.1, 0.15) is 33.5 Å². The number of amides is 1. The Morgan fingerprint density at radius 1 is 1.36 bits per heavy atom. The molecule has 22 heavy (non-hydrogen) atoms. The van der Waals surface area contributed by atoms with Crippen LogP contribution in [0, 0.1) is 0 Å². The number of carbonyl (C=O) groups is 2. The number of carbonyl (C=O) groups excluding carboxylic acids is 1. The summed E-state index contributed by atoms with van der Waals surface area (Å²) in [6.07, 6.45) is 2.68. The minimum atomic E-state index is -1.19. The van der Waals surface area contributed by atoms with Gasteiger partial charge in [0.1, 0.15) is 11.3 Å². The van der Waals surface area contributed by atoms with Crippen LogP contribution >= 0.6 is 11.6 Å². The Morgan fingerprint density at radius 2 is 2.05 bits per heavy atom. The van der Waals surface area contributed by atoms with E-state index in [9.17, 15) is 9.59 Å². The van der Waals surface area contributed by atoms with Gasteiger partial charge in [0.15, 0.2) is 0 Å². The smallest absolute Gasteiger partial charge is 0.339 e. The van der Waals surface area contributed by atoms with E-state index in [1.165, 1.54) is 22.8 Å². The molecule has 0 radical (unpaired) electrons. The molecule has 0 atom stereocenters. The average molecular weight is 326 g/mol. The maximum atomic E-state index is 12.5. The van der Waals surface area contributed by atoms with E-state index >= 15 is 0 Å². The number of hydrogen-bond donors (Lipinski definition) is 1. The molecular formula is C13H16ClN5O3. The summed E-state index contributed by atoms with van der Waals surface area (Å²) in [5.74, 6) is -1.64. The van der Waals surface area contributed by atoms with Gasteiger partial charge in [-0.1, -0.05) is 11.6 Å². The maximum Gasteiger partial charge on any atom is 0.339 e. The van der Waals surface area contributed by atoms with Crippen molar-refractivity contribution in [2.75, 3.05) is 7.05 Å². The van der Waals surface area contributed by atoms with Gasteiger partial charge in [-0.2, -0.15) is 10.2 Å². The molecule has 0 unspecified atom stereocenters. The topological polar surface area (TPSA) is 93.2 Å². The van der Waals surface area contributed by atoms with Gasteiger partial charge in [0.2, 0.25) is 0 Å².